The molecule has 0 bridgehead atoms. The fraction of sp³-hybridized carbons (Fsp3) is 0.476. The molecule has 2 heterocycles. The van der Waals surface area contributed by atoms with E-state index < -0.39 is 0 Å². The van der Waals surface area contributed by atoms with Crippen LogP contribution in [0.2, 0.25) is 0 Å². The third-order valence-corrected chi connectivity index (χ3v) is 5.67. The lowest BCUT2D eigenvalue weighted by Gasteiger charge is -2.33. The average Bonchev–Trinajstić information content (AvgIpc) is 3.37. The van der Waals surface area contributed by atoms with E-state index in [9.17, 15) is 4.79 Å². The number of rotatable bonds is 5. The van der Waals surface area contributed by atoms with E-state index in [1.54, 1.807) is 7.11 Å². The number of hydrogen-bond acceptors (Lipinski definition) is 3. The summed E-state index contributed by atoms with van der Waals surface area (Å²) in [5.41, 5.74) is 4.22. The minimum Gasteiger partial charge on any atom is -0.493 e. The SMILES string of the molecule is CCOc1cc2c(cc1OC)-c1c(C(=O)C3CC3)ccn1C(C)C2C. The Bertz CT molecular complexity index is 832. The van der Waals surface area contributed by atoms with Crippen molar-refractivity contribution in [3.63, 3.8) is 0 Å². The zero-order chi connectivity index (χ0) is 17.7. The molecule has 4 nitrogen and oxygen atoms in total. The molecule has 2 atom stereocenters. The number of aromatic nitrogens is 1. The Morgan fingerprint density at radius 1 is 1.24 bits per heavy atom. The van der Waals surface area contributed by atoms with Gasteiger partial charge in [0.25, 0.3) is 0 Å². The maximum absolute atomic E-state index is 12.8. The van der Waals surface area contributed by atoms with Crippen molar-refractivity contribution in [1.82, 2.24) is 4.57 Å². The Morgan fingerprint density at radius 3 is 2.64 bits per heavy atom. The van der Waals surface area contributed by atoms with Crippen LogP contribution in [0.15, 0.2) is 24.4 Å². The molecule has 2 unspecified atom stereocenters. The van der Waals surface area contributed by atoms with E-state index >= 15 is 0 Å². The molecular formula is C21H25NO3. The molecular weight excluding hydrogens is 314 g/mol. The lowest BCUT2D eigenvalue weighted by atomic mass is 9.84. The first-order valence-corrected chi connectivity index (χ1v) is 9.16. The number of carbonyl (C=O) groups is 1. The quantitative estimate of drug-likeness (QED) is 0.732. The number of carbonyl (C=O) groups excluding carboxylic acids is 1. The number of ether oxygens (including phenoxy) is 2. The zero-order valence-electron chi connectivity index (χ0n) is 15.3. The zero-order valence-corrected chi connectivity index (χ0v) is 15.3. The Balaban J connectivity index is 1.92. The number of nitrogens with zero attached hydrogens (tertiary/aromatic N) is 1. The van der Waals surface area contributed by atoms with Gasteiger partial charge in [-0.3, -0.25) is 4.79 Å². The first-order chi connectivity index (χ1) is 12.1. The summed E-state index contributed by atoms with van der Waals surface area (Å²) in [7, 11) is 1.66. The summed E-state index contributed by atoms with van der Waals surface area (Å²) < 4.78 is 13.6. The molecule has 1 fully saturated rings. The molecule has 0 saturated heterocycles. The molecule has 25 heavy (non-hydrogen) atoms. The minimum atomic E-state index is 0.217. The fourth-order valence-corrected chi connectivity index (χ4v) is 3.92. The second-order valence-corrected chi connectivity index (χ2v) is 7.18. The molecule has 4 heteroatoms. The van der Waals surface area contributed by atoms with Crippen molar-refractivity contribution >= 4 is 5.78 Å². The van der Waals surface area contributed by atoms with Crippen LogP contribution in [0, 0.1) is 5.92 Å². The molecule has 2 aromatic rings. The van der Waals surface area contributed by atoms with E-state index in [0.29, 0.717) is 18.6 Å². The summed E-state index contributed by atoms with van der Waals surface area (Å²) in [6.45, 7) is 7.02. The maximum atomic E-state index is 12.8. The van der Waals surface area contributed by atoms with Gasteiger partial charge < -0.3 is 14.0 Å². The van der Waals surface area contributed by atoms with Gasteiger partial charge >= 0.3 is 0 Å². The van der Waals surface area contributed by atoms with Crippen molar-refractivity contribution in [2.75, 3.05) is 13.7 Å². The van der Waals surface area contributed by atoms with Gasteiger partial charge in [-0.15, -0.1) is 0 Å². The topological polar surface area (TPSA) is 40.5 Å². The van der Waals surface area contributed by atoms with E-state index in [2.05, 4.69) is 30.7 Å². The summed E-state index contributed by atoms with van der Waals surface area (Å²) in [6, 6.07) is 6.43. The lowest BCUT2D eigenvalue weighted by Crippen LogP contribution is -2.20. The standard InChI is InChI=1S/C21H25NO3/c1-5-25-19-10-16-12(2)13(3)22-9-8-15(21(23)14-6-7-14)20(22)17(16)11-18(19)24-4/h8-14H,5-7H2,1-4H3. The second-order valence-electron chi connectivity index (χ2n) is 7.18. The van der Waals surface area contributed by atoms with Gasteiger partial charge in [-0.25, -0.2) is 0 Å². The summed E-state index contributed by atoms with van der Waals surface area (Å²) >= 11 is 0. The molecule has 2 aliphatic rings. The number of methoxy groups -OCH3 is 1. The second kappa shape index (κ2) is 5.94. The van der Waals surface area contributed by atoms with Crippen LogP contribution in [-0.4, -0.2) is 24.1 Å². The first-order valence-electron chi connectivity index (χ1n) is 9.16. The van der Waals surface area contributed by atoms with Crippen molar-refractivity contribution in [2.45, 2.75) is 45.6 Å². The number of Topliss-reactive ketones (excluding diaryl/α,β-unsaturated/α-hetero) is 1. The van der Waals surface area contributed by atoms with E-state index in [0.717, 1.165) is 41.2 Å². The van der Waals surface area contributed by atoms with Crippen LogP contribution in [0.1, 0.15) is 61.5 Å². The summed E-state index contributed by atoms with van der Waals surface area (Å²) in [5, 5.41) is 0. The Labute approximate surface area is 148 Å². The lowest BCUT2D eigenvalue weighted by molar-refractivity contribution is 0.0968. The van der Waals surface area contributed by atoms with Crippen LogP contribution in [0.3, 0.4) is 0 Å². The van der Waals surface area contributed by atoms with Crippen LogP contribution in [-0.2, 0) is 0 Å². The number of benzene rings is 1. The van der Waals surface area contributed by atoms with Crippen LogP contribution < -0.4 is 9.47 Å². The Hall–Kier alpha value is -2.23. The predicted molar refractivity (Wildman–Crippen MR) is 97.8 cm³/mol. The molecule has 4 rings (SSSR count). The smallest absolute Gasteiger partial charge is 0.168 e. The molecule has 1 aliphatic carbocycles. The number of hydrogen-bond donors (Lipinski definition) is 0. The van der Waals surface area contributed by atoms with Crippen molar-refractivity contribution < 1.29 is 14.3 Å². The van der Waals surface area contributed by atoms with Crippen LogP contribution in [0.25, 0.3) is 11.3 Å². The number of fused-ring (bicyclic) bond motifs is 3. The van der Waals surface area contributed by atoms with Gasteiger partial charge in [0, 0.05) is 35.2 Å². The molecule has 1 saturated carbocycles. The normalized spacial score (nSPS) is 21.4. The molecule has 1 aliphatic heterocycles. The van der Waals surface area contributed by atoms with Gasteiger partial charge in [0.1, 0.15) is 0 Å². The predicted octanol–water partition coefficient (Wildman–Crippen LogP) is 4.83. The molecule has 0 radical (unpaired) electrons. The van der Waals surface area contributed by atoms with Crippen LogP contribution in [0.5, 0.6) is 11.5 Å². The summed E-state index contributed by atoms with van der Waals surface area (Å²) in [6.07, 6.45) is 4.11. The molecule has 0 amide bonds. The third kappa shape index (κ3) is 2.46. The van der Waals surface area contributed by atoms with Crippen molar-refractivity contribution in [1.29, 1.82) is 0 Å². The third-order valence-electron chi connectivity index (χ3n) is 5.67. The Kier molecular flexibility index (Phi) is 3.86. The number of ketones is 1. The average molecular weight is 339 g/mol. The monoisotopic (exact) mass is 339 g/mol. The maximum Gasteiger partial charge on any atom is 0.168 e. The molecule has 1 aromatic carbocycles. The van der Waals surface area contributed by atoms with E-state index in [-0.39, 0.29) is 11.7 Å². The van der Waals surface area contributed by atoms with Gasteiger partial charge in [-0.2, -0.15) is 0 Å². The van der Waals surface area contributed by atoms with Gasteiger partial charge in [-0.05, 0) is 50.5 Å². The van der Waals surface area contributed by atoms with Crippen molar-refractivity contribution in [3.05, 3.63) is 35.5 Å². The van der Waals surface area contributed by atoms with Crippen molar-refractivity contribution in [2.24, 2.45) is 5.92 Å². The molecule has 0 N–H and O–H groups in total. The van der Waals surface area contributed by atoms with Crippen LogP contribution in [0.4, 0.5) is 0 Å². The highest BCUT2D eigenvalue weighted by atomic mass is 16.5. The molecule has 0 spiro atoms. The molecule has 132 valence electrons. The van der Waals surface area contributed by atoms with Gasteiger partial charge in [0.15, 0.2) is 17.3 Å². The minimum absolute atomic E-state index is 0.217. The highest BCUT2D eigenvalue weighted by molar-refractivity contribution is 6.05. The highest BCUT2D eigenvalue weighted by Gasteiger charge is 2.37. The van der Waals surface area contributed by atoms with Gasteiger partial charge in [0.05, 0.1) is 19.4 Å². The first kappa shape index (κ1) is 16.2. The summed E-state index contributed by atoms with van der Waals surface area (Å²) in [4.78, 5) is 12.8. The summed E-state index contributed by atoms with van der Waals surface area (Å²) in [5.74, 6) is 2.34. The van der Waals surface area contributed by atoms with Crippen molar-refractivity contribution in [3.8, 4) is 22.8 Å². The van der Waals surface area contributed by atoms with E-state index in [4.69, 9.17) is 9.47 Å². The molecule has 1 aromatic heterocycles. The van der Waals surface area contributed by atoms with E-state index in [1.165, 1.54) is 5.56 Å². The largest absolute Gasteiger partial charge is 0.493 e. The van der Waals surface area contributed by atoms with E-state index in [1.807, 2.05) is 19.1 Å². The van der Waals surface area contributed by atoms with Gasteiger partial charge in [0.2, 0.25) is 0 Å². The highest BCUT2D eigenvalue weighted by Crippen LogP contribution is 2.49. The fourth-order valence-electron chi connectivity index (χ4n) is 3.92. The Morgan fingerprint density at radius 2 is 2.00 bits per heavy atom. The van der Waals surface area contributed by atoms with Crippen LogP contribution >= 0.6 is 0 Å². The van der Waals surface area contributed by atoms with Gasteiger partial charge in [-0.1, -0.05) is 6.92 Å².